The maximum atomic E-state index is 10.9. The molecule has 13 heavy (non-hydrogen) atoms. The number of thiol groups is 1. The van der Waals surface area contributed by atoms with E-state index < -0.39 is 12.0 Å². The molecule has 0 aliphatic heterocycles. The summed E-state index contributed by atoms with van der Waals surface area (Å²) in [4.78, 5) is 21.5. The number of carbonyl (C=O) groups is 2. The molecule has 2 N–H and O–H groups in total. The number of nitrogens with zero attached hydrogens (tertiary/aromatic N) is 1. The summed E-state index contributed by atoms with van der Waals surface area (Å²) in [6, 6.07) is -0.793. The molecule has 0 aliphatic rings. The van der Waals surface area contributed by atoms with E-state index in [1.807, 2.05) is 0 Å². The average Bonchev–Trinajstić information content (AvgIpc) is 2.04. The smallest absolute Gasteiger partial charge is 0.323 e. The van der Waals surface area contributed by atoms with E-state index in [4.69, 9.17) is 5.11 Å². The largest absolute Gasteiger partial charge is 0.480 e. The zero-order valence-corrected chi connectivity index (χ0v) is 8.54. The van der Waals surface area contributed by atoms with Gasteiger partial charge in [-0.3, -0.25) is 15.0 Å². The topological polar surface area (TPSA) is 69.6 Å². The van der Waals surface area contributed by atoms with E-state index in [-0.39, 0.29) is 11.7 Å². The summed E-state index contributed by atoms with van der Waals surface area (Å²) < 4.78 is 0. The van der Waals surface area contributed by atoms with Gasteiger partial charge < -0.3 is 5.11 Å². The van der Waals surface area contributed by atoms with Crippen molar-refractivity contribution < 1.29 is 14.7 Å². The van der Waals surface area contributed by atoms with Gasteiger partial charge in [0.15, 0.2) is 0 Å². The molecular formula is C7H14N2O3S. The first kappa shape index (κ1) is 12.2. The van der Waals surface area contributed by atoms with Crippen LogP contribution in [0.25, 0.3) is 0 Å². The van der Waals surface area contributed by atoms with Gasteiger partial charge in [0.25, 0.3) is 0 Å². The number of hydrogen-bond donors (Lipinski definition) is 3. The van der Waals surface area contributed by atoms with Crippen LogP contribution in [0.1, 0.15) is 13.3 Å². The molecule has 1 atom stereocenters. The van der Waals surface area contributed by atoms with E-state index >= 15 is 0 Å². The van der Waals surface area contributed by atoms with Crippen LogP contribution in [0.3, 0.4) is 0 Å². The van der Waals surface area contributed by atoms with Gasteiger partial charge in [-0.2, -0.15) is 12.6 Å². The summed E-state index contributed by atoms with van der Waals surface area (Å²) >= 11 is 3.87. The first-order valence-corrected chi connectivity index (χ1v) is 4.52. The molecule has 0 bridgehead atoms. The van der Waals surface area contributed by atoms with Crippen LogP contribution >= 0.6 is 12.6 Å². The van der Waals surface area contributed by atoms with Crippen LogP contribution < -0.4 is 5.43 Å². The normalized spacial score (nSPS) is 12.6. The Morgan fingerprint density at radius 2 is 2.15 bits per heavy atom. The monoisotopic (exact) mass is 206 g/mol. The average molecular weight is 206 g/mol. The second kappa shape index (κ2) is 5.82. The van der Waals surface area contributed by atoms with Crippen LogP contribution in [0, 0.1) is 0 Å². The van der Waals surface area contributed by atoms with Crippen molar-refractivity contribution in [2.24, 2.45) is 0 Å². The van der Waals surface area contributed by atoms with Crippen LogP contribution in [0.2, 0.25) is 0 Å². The Bertz CT molecular complexity index is 198. The van der Waals surface area contributed by atoms with Gasteiger partial charge in [0.05, 0.1) is 0 Å². The standard InChI is InChI=1S/C7H14N2O3S/c1-3-6(10)8-9(2)5(4-13)7(11)12/h5,13H,3-4H2,1-2H3,(H,8,10)(H,11,12)/t5-/m0/s1. The molecule has 0 aromatic carbocycles. The molecule has 0 spiro atoms. The highest BCUT2D eigenvalue weighted by molar-refractivity contribution is 7.80. The fourth-order valence-corrected chi connectivity index (χ4v) is 1.12. The van der Waals surface area contributed by atoms with Crippen molar-refractivity contribution in [3.63, 3.8) is 0 Å². The van der Waals surface area contributed by atoms with Crippen LogP contribution in [0.4, 0.5) is 0 Å². The predicted molar refractivity (Wildman–Crippen MR) is 51.5 cm³/mol. The third-order valence-corrected chi connectivity index (χ3v) is 1.89. The number of amides is 1. The Hall–Kier alpha value is -0.750. The zero-order chi connectivity index (χ0) is 10.4. The Morgan fingerprint density at radius 3 is 2.46 bits per heavy atom. The van der Waals surface area contributed by atoms with E-state index in [1.54, 1.807) is 6.92 Å². The minimum atomic E-state index is -1.01. The molecule has 0 radical (unpaired) electrons. The van der Waals surface area contributed by atoms with Crippen molar-refractivity contribution >= 4 is 24.5 Å². The van der Waals surface area contributed by atoms with Crippen LogP contribution in [0.15, 0.2) is 0 Å². The number of likely N-dealkylation sites (N-methyl/N-ethyl adjacent to an activating group) is 1. The minimum Gasteiger partial charge on any atom is -0.480 e. The number of hydrazine groups is 1. The first-order chi connectivity index (χ1) is 6.02. The number of aliphatic carboxylic acids is 1. The Labute approximate surface area is 82.5 Å². The number of nitrogens with one attached hydrogen (secondary N) is 1. The maximum Gasteiger partial charge on any atom is 0.323 e. The molecule has 0 aliphatic carbocycles. The fourth-order valence-electron chi connectivity index (χ4n) is 0.720. The summed E-state index contributed by atoms with van der Waals surface area (Å²) in [6.45, 7) is 1.69. The summed E-state index contributed by atoms with van der Waals surface area (Å²) in [5.41, 5.74) is 2.43. The van der Waals surface area contributed by atoms with Crippen molar-refractivity contribution in [1.29, 1.82) is 0 Å². The van der Waals surface area contributed by atoms with Crippen LogP contribution in [0.5, 0.6) is 0 Å². The Morgan fingerprint density at radius 1 is 1.62 bits per heavy atom. The quantitative estimate of drug-likeness (QED) is 0.428. The van der Waals surface area contributed by atoms with Gasteiger partial charge in [-0.1, -0.05) is 6.92 Å². The van der Waals surface area contributed by atoms with Crippen LogP contribution in [-0.2, 0) is 9.59 Å². The molecule has 0 unspecified atom stereocenters. The van der Waals surface area contributed by atoms with Gasteiger partial charge >= 0.3 is 5.97 Å². The van der Waals surface area contributed by atoms with E-state index in [1.165, 1.54) is 12.1 Å². The SMILES string of the molecule is CCC(=O)NN(C)[C@@H](CS)C(=O)O. The van der Waals surface area contributed by atoms with Crippen molar-refractivity contribution in [2.75, 3.05) is 12.8 Å². The zero-order valence-electron chi connectivity index (χ0n) is 7.65. The molecule has 0 aromatic heterocycles. The molecule has 0 fully saturated rings. The van der Waals surface area contributed by atoms with Gasteiger partial charge in [-0.05, 0) is 0 Å². The lowest BCUT2D eigenvalue weighted by Gasteiger charge is -2.23. The summed E-state index contributed by atoms with van der Waals surface area (Å²) in [6.07, 6.45) is 0.323. The second-order valence-electron chi connectivity index (χ2n) is 2.54. The lowest BCUT2D eigenvalue weighted by Crippen LogP contribution is -2.50. The molecule has 1 amide bonds. The third kappa shape index (κ3) is 4.14. The first-order valence-electron chi connectivity index (χ1n) is 3.88. The molecule has 76 valence electrons. The summed E-state index contributed by atoms with van der Waals surface area (Å²) in [5, 5.41) is 9.94. The van der Waals surface area contributed by atoms with Gasteiger partial charge in [-0.25, -0.2) is 5.01 Å². The molecule has 6 heteroatoms. The number of carbonyl (C=O) groups excluding carboxylic acids is 1. The number of hydrogen-bond acceptors (Lipinski definition) is 4. The molecule has 0 saturated heterocycles. The van der Waals surface area contributed by atoms with Gasteiger partial charge in [0.2, 0.25) is 5.91 Å². The molecule has 5 nitrogen and oxygen atoms in total. The van der Waals surface area contributed by atoms with Crippen molar-refractivity contribution in [3.05, 3.63) is 0 Å². The maximum absolute atomic E-state index is 10.9. The van der Waals surface area contributed by atoms with Gasteiger partial charge in [-0.15, -0.1) is 0 Å². The van der Waals surface area contributed by atoms with Crippen LogP contribution in [-0.4, -0.2) is 40.8 Å². The van der Waals surface area contributed by atoms with Crippen molar-refractivity contribution in [3.8, 4) is 0 Å². The second-order valence-corrected chi connectivity index (χ2v) is 2.90. The fraction of sp³-hybridized carbons (Fsp3) is 0.714. The van der Waals surface area contributed by atoms with E-state index in [9.17, 15) is 9.59 Å². The number of carboxylic acids is 1. The highest BCUT2D eigenvalue weighted by atomic mass is 32.1. The molecular weight excluding hydrogens is 192 g/mol. The lowest BCUT2D eigenvalue weighted by molar-refractivity contribution is -0.144. The third-order valence-electron chi connectivity index (χ3n) is 1.55. The Balaban J connectivity index is 4.13. The lowest BCUT2D eigenvalue weighted by atomic mass is 10.3. The van der Waals surface area contributed by atoms with Crippen molar-refractivity contribution in [1.82, 2.24) is 10.4 Å². The minimum absolute atomic E-state index is 0.149. The molecule has 0 saturated carbocycles. The summed E-state index contributed by atoms with van der Waals surface area (Å²) in [5.74, 6) is -1.07. The van der Waals surface area contributed by atoms with E-state index in [0.29, 0.717) is 6.42 Å². The highest BCUT2D eigenvalue weighted by Gasteiger charge is 2.21. The molecule has 0 rings (SSSR count). The number of rotatable bonds is 5. The highest BCUT2D eigenvalue weighted by Crippen LogP contribution is 1.96. The van der Waals surface area contributed by atoms with Gasteiger partial charge in [0.1, 0.15) is 6.04 Å². The van der Waals surface area contributed by atoms with E-state index in [2.05, 4.69) is 18.1 Å². The predicted octanol–water partition coefficient (Wildman–Crippen LogP) is -0.258. The van der Waals surface area contributed by atoms with Gasteiger partial charge in [0, 0.05) is 19.2 Å². The molecule has 0 heterocycles. The molecule has 0 aromatic rings. The van der Waals surface area contributed by atoms with Crippen molar-refractivity contribution in [2.45, 2.75) is 19.4 Å². The Kier molecular flexibility index (Phi) is 5.48. The summed E-state index contributed by atoms with van der Waals surface area (Å²) in [7, 11) is 1.50. The number of carboxylic acid groups (broad SMARTS) is 1. The van der Waals surface area contributed by atoms with E-state index in [0.717, 1.165) is 0 Å².